The molecule has 0 aromatic heterocycles. The molecule has 0 unspecified atom stereocenters. The minimum atomic E-state index is -4.09. The molecule has 0 saturated carbocycles. The molecule has 0 aliphatic carbocycles. The van der Waals surface area contributed by atoms with Gasteiger partial charge in [-0.2, -0.15) is 0 Å². The van der Waals surface area contributed by atoms with E-state index in [-0.39, 0.29) is 4.90 Å². The Hall–Kier alpha value is -3.95. The van der Waals surface area contributed by atoms with Crippen LogP contribution in [0.1, 0.15) is 0 Å². The maximum Gasteiger partial charge on any atom is 0.333 e. The van der Waals surface area contributed by atoms with E-state index in [0.717, 1.165) is 16.5 Å². The highest BCUT2D eigenvalue weighted by Crippen LogP contribution is 2.20. The molecule has 0 atom stereocenters. The monoisotopic (exact) mass is 476 g/mol. The summed E-state index contributed by atoms with van der Waals surface area (Å²) >= 11 is 5.37. The number of benzene rings is 4. The number of hydrogen-bond donors (Lipinski definition) is 4. The standard InChI is InChI=1S/C24H20N4O3S2/c29-23(25-19-9-2-1-3-10-19)28-33(30,31)22-12-6-11-20(16-22)26-24(32)27-21-14-13-17-7-4-5-8-18(17)15-21/h1-16H,(H2,25,28,29)(H2,26,27,32). The van der Waals surface area contributed by atoms with Gasteiger partial charge < -0.3 is 16.0 Å². The Morgan fingerprint density at radius 1 is 0.636 bits per heavy atom. The first-order valence-electron chi connectivity index (χ1n) is 9.95. The van der Waals surface area contributed by atoms with Crippen molar-refractivity contribution >= 4 is 61.2 Å². The van der Waals surface area contributed by atoms with Gasteiger partial charge in [-0.3, -0.25) is 0 Å². The maximum absolute atomic E-state index is 12.6. The topological polar surface area (TPSA) is 99.3 Å². The van der Waals surface area contributed by atoms with Gasteiger partial charge in [-0.25, -0.2) is 17.9 Å². The first-order chi connectivity index (χ1) is 15.9. The van der Waals surface area contributed by atoms with Crippen molar-refractivity contribution in [2.45, 2.75) is 4.90 Å². The smallest absolute Gasteiger partial charge is 0.332 e. The van der Waals surface area contributed by atoms with E-state index in [9.17, 15) is 13.2 Å². The van der Waals surface area contributed by atoms with E-state index in [0.29, 0.717) is 16.5 Å². The zero-order valence-electron chi connectivity index (χ0n) is 17.3. The van der Waals surface area contributed by atoms with Crippen molar-refractivity contribution in [2.75, 3.05) is 16.0 Å². The van der Waals surface area contributed by atoms with E-state index in [4.69, 9.17) is 12.2 Å². The van der Waals surface area contributed by atoms with Gasteiger partial charge in [0.25, 0.3) is 10.0 Å². The number of amides is 2. The highest BCUT2D eigenvalue weighted by molar-refractivity contribution is 7.90. The van der Waals surface area contributed by atoms with Crippen LogP contribution in [0.2, 0.25) is 0 Å². The predicted molar refractivity (Wildman–Crippen MR) is 136 cm³/mol. The third-order valence-electron chi connectivity index (χ3n) is 4.67. The molecule has 4 N–H and O–H groups in total. The van der Waals surface area contributed by atoms with Crippen LogP contribution in [0.3, 0.4) is 0 Å². The summed E-state index contributed by atoms with van der Waals surface area (Å²) in [5, 5.41) is 11.0. The molecular formula is C24H20N4O3S2. The van der Waals surface area contributed by atoms with Gasteiger partial charge in [0.05, 0.1) is 4.90 Å². The molecule has 166 valence electrons. The van der Waals surface area contributed by atoms with E-state index >= 15 is 0 Å². The summed E-state index contributed by atoms with van der Waals surface area (Å²) in [6.45, 7) is 0. The van der Waals surface area contributed by atoms with Crippen LogP contribution in [0.5, 0.6) is 0 Å². The third-order valence-corrected chi connectivity index (χ3v) is 6.20. The Bertz CT molecular complexity index is 1420. The molecule has 0 radical (unpaired) electrons. The first-order valence-corrected chi connectivity index (χ1v) is 11.8. The summed E-state index contributed by atoms with van der Waals surface area (Å²) in [6, 6.07) is 27.6. The van der Waals surface area contributed by atoms with Crippen LogP contribution in [0, 0.1) is 0 Å². The number of carbonyl (C=O) groups is 1. The van der Waals surface area contributed by atoms with Crippen molar-refractivity contribution in [2.24, 2.45) is 0 Å². The summed E-state index contributed by atoms with van der Waals surface area (Å²) in [4.78, 5) is 12.0. The number of rotatable bonds is 5. The van der Waals surface area contributed by atoms with Crippen molar-refractivity contribution in [3.63, 3.8) is 0 Å². The Morgan fingerprint density at radius 3 is 2.03 bits per heavy atom. The van der Waals surface area contributed by atoms with Gasteiger partial charge in [-0.05, 0) is 65.5 Å². The van der Waals surface area contributed by atoms with Crippen molar-refractivity contribution in [1.29, 1.82) is 0 Å². The summed E-state index contributed by atoms with van der Waals surface area (Å²) in [7, 11) is -4.09. The van der Waals surface area contributed by atoms with Crippen molar-refractivity contribution in [1.82, 2.24) is 4.72 Å². The molecule has 2 amide bonds. The number of nitrogens with one attached hydrogen (secondary N) is 4. The van der Waals surface area contributed by atoms with Gasteiger partial charge in [0.2, 0.25) is 0 Å². The lowest BCUT2D eigenvalue weighted by Crippen LogP contribution is -2.34. The summed E-state index contributed by atoms with van der Waals surface area (Å²) in [5.74, 6) is 0. The van der Waals surface area contributed by atoms with E-state index in [1.165, 1.54) is 12.1 Å². The predicted octanol–water partition coefficient (Wildman–Crippen LogP) is 5.16. The number of hydrogen-bond acceptors (Lipinski definition) is 4. The van der Waals surface area contributed by atoms with Crippen LogP contribution in [-0.4, -0.2) is 19.6 Å². The normalized spacial score (nSPS) is 10.9. The largest absolute Gasteiger partial charge is 0.333 e. The molecule has 0 aliphatic rings. The molecule has 7 nitrogen and oxygen atoms in total. The van der Waals surface area contributed by atoms with Crippen LogP contribution in [-0.2, 0) is 10.0 Å². The van der Waals surface area contributed by atoms with Gasteiger partial charge in [-0.15, -0.1) is 0 Å². The molecular weight excluding hydrogens is 456 g/mol. The number of thiocarbonyl (C=S) groups is 1. The first kappa shape index (κ1) is 22.3. The highest BCUT2D eigenvalue weighted by atomic mass is 32.2. The maximum atomic E-state index is 12.6. The molecule has 0 spiro atoms. The number of carbonyl (C=O) groups excluding carboxylic acids is 1. The zero-order valence-corrected chi connectivity index (χ0v) is 18.9. The van der Waals surface area contributed by atoms with E-state index in [1.54, 1.807) is 42.5 Å². The summed E-state index contributed by atoms with van der Waals surface area (Å²) in [6.07, 6.45) is 0. The van der Waals surface area contributed by atoms with Gasteiger partial charge in [0.15, 0.2) is 5.11 Å². The molecule has 9 heteroatoms. The van der Waals surface area contributed by atoms with Crippen molar-refractivity contribution < 1.29 is 13.2 Å². The molecule has 33 heavy (non-hydrogen) atoms. The summed E-state index contributed by atoms with van der Waals surface area (Å²) < 4.78 is 27.3. The minimum Gasteiger partial charge on any atom is -0.332 e. The van der Waals surface area contributed by atoms with Crippen LogP contribution in [0.25, 0.3) is 10.8 Å². The number of fused-ring (bicyclic) bond motifs is 1. The quantitative estimate of drug-likeness (QED) is 0.297. The third kappa shape index (κ3) is 5.85. The second kappa shape index (κ2) is 9.68. The SMILES string of the molecule is O=C(Nc1ccccc1)NS(=O)(=O)c1cccc(NC(=S)Nc2ccc3ccccc3c2)c1. The van der Waals surface area contributed by atoms with Crippen LogP contribution < -0.4 is 20.7 Å². The second-order valence-electron chi connectivity index (χ2n) is 7.09. The summed E-state index contributed by atoms with van der Waals surface area (Å²) in [5.41, 5.74) is 1.74. The molecule has 4 aromatic rings. The number of para-hydroxylation sites is 1. The van der Waals surface area contributed by atoms with Gasteiger partial charge in [-0.1, -0.05) is 54.6 Å². The average Bonchev–Trinajstić information content (AvgIpc) is 2.79. The van der Waals surface area contributed by atoms with Crippen LogP contribution >= 0.6 is 12.2 Å². The molecule has 0 saturated heterocycles. The van der Waals surface area contributed by atoms with Crippen LogP contribution in [0.15, 0.2) is 102 Å². The number of urea groups is 1. The number of sulfonamides is 1. The molecule has 4 aromatic carbocycles. The Morgan fingerprint density at radius 2 is 1.27 bits per heavy atom. The highest BCUT2D eigenvalue weighted by Gasteiger charge is 2.18. The van der Waals surface area contributed by atoms with Gasteiger partial charge >= 0.3 is 6.03 Å². The molecule has 0 fully saturated rings. The lowest BCUT2D eigenvalue weighted by molar-refractivity contribution is 0.256. The fraction of sp³-hybridized carbons (Fsp3) is 0. The van der Waals surface area contributed by atoms with E-state index in [1.807, 2.05) is 47.2 Å². The average molecular weight is 477 g/mol. The Kier molecular flexibility index (Phi) is 6.53. The van der Waals surface area contributed by atoms with Gasteiger partial charge in [0.1, 0.15) is 0 Å². The van der Waals surface area contributed by atoms with Crippen LogP contribution in [0.4, 0.5) is 21.9 Å². The Labute approximate surface area is 196 Å². The number of anilines is 3. The lowest BCUT2D eigenvalue weighted by Gasteiger charge is -2.13. The Balaban J connectivity index is 1.41. The minimum absolute atomic E-state index is 0.0794. The molecule has 0 heterocycles. The molecule has 0 aliphatic heterocycles. The fourth-order valence-electron chi connectivity index (χ4n) is 3.16. The lowest BCUT2D eigenvalue weighted by atomic mass is 10.1. The zero-order chi connectivity index (χ0) is 23.3. The fourth-order valence-corrected chi connectivity index (χ4v) is 4.35. The molecule has 0 bridgehead atoms. The van der Waals surface area contributed by atoms with Gasteiger partial charge in [0, 0.05) is 17.1 Å². The van der Waals surface area contributed by atoms with E-state index in [2.05, 4.69) is 16.0 Å². The second-order valence-corrected chi connectivity index (χ2v) is 9.19. The molecule has 4 rings (SSSR count). The van der Waals surface area contributed by atoms with Crippen molar-refractivity contribution in [3.8, 4) is 0 Å². The van der Waals surface area contributed by atoms with Crippen molar-refractivity contribution in [3.05, 3.63) is 97.1 Å². The van der Waals surface area contributed by atoms with E-state index < -0.39 is 16.1 Å².